The molecule has 0 radical (unpaired) electrons. The molecule has 1 aliphatic rings. The van der Waals surface area contributed by atoms with Gasteiger partial charge in [0.1, 0.15) is 11.5 Å². The molecule has 0 spiro atoms. The van der Waals surface area contributed by atoms with E-state index in [4.69, 9.17) is 5.73 Å². The van der Waals surface area contributed by atoms with Crippen LogP contribution in [0.4, 0.5) is 5.82 Å². The fourth-order valence-corrected chi connectivity index (χ4v) is 3.78. The summed E-state index contributed by atoms with van der Waals surface area (Å²) in [4.78, 5) is 28.2. The molecule has 1 atom stereocenters. The first kappa shape index (κ1) is 20.6. The number of aromatic nitrogens is 5. The third-order valence-electron chi connectivity index (χ3n) is 5.33. The lowest BCUT2D eigenvalue weighted by Gasteiger charge is -2.33. The Morgan fingerprint density at radius 3 is 2.74 bits per heavy atom. The second-order valence-electron chi connectivity index (χ2n) is 7.56. The molecule has 0 amide bonds. The van der Waals surface area contributed by atoms with E-state index in [1.807, 2.05) is 35.2 Å². The summed E-state index contributed by atoms with van der Waals surface area (Å²) >= 11 is 0. The maximum atomic E-state index is 13.3. The zero-order valence-electron chi connectivity index (χ0n) is 17.4. The first-order valence-electron chi connectivity index (χ1n) is 10.3. The SMILES string of the molecule is CC#CCn1c(N2CCC[C@@H](N)C2)cc(=O)n(Cc2cn(-c3ccccc3)nn2)c1=O. The molecule has 1 aliphatic heterocycles. The van der Waals surface area contributed by atoms with Crippen molar-refractivity contribution in [3.8, 4) is 17.5 Å². The molecule has 2 N–H and O–H groups in total. The van der Waals surface area contributed by atoms with Gasteiger partial charge in [-0.15, -0.1) is 11.0 Å². The molecule has 1 saturated heterocycles. The Hall–Kier alpha value is -3.64. The Labute approximate surface area is 179 Å². The molecular formula is C22H25N7O2. The normalized spacial score (nSPS) is 16.1. The zero-order chi connectivity index (χ0) is 21.8. The summed E-state index contributed by atoms with van der Waals surface area (Å²) in [6.07, 6.45) is 3.57. The van der Waals surface area contributed by atoms with Gasteiger partial charge in [-0.3, -0.25) is 13.9 Å². The maximum Gasteiger partial charge on any atom is 0.333 e. The average molecular weight is 419 g/mol. The Morgan fingerprint density at radius 1 is 1.19 bits per heavy atom. The highest BCUT2D eigenvalue weighted by molar-refractivity contribution is 5.40. The van der Waals surface area contributed by atoms with E-state index in [2.05, 4.69) is 22.2 Å². The van der Waals surface area contributed by atoms with Crippen LogP contribution in [-0.2, 0) is 13.1 Å². The number of hydrogen-bond acceptors (Lipinski definition) is 6. The standard InChI is InChI=1S/C22H25N7O2/c1-2-3-12-27-20(26-11-7-8-17(23)14-26)13-21(30)28(22(27)31)15-18-16-29(25-24-18)19-9-5-4-6-10-19/h4-6,9-10,13,16-17H,7-8,11-12,14-15,23H2,1H3/t17-/m1/s1. The Bertz CT molecular complexity index is 1230. The van der Waals surface area contributed by atoms with Crippen molar-refractivity contribution >= 4 is 5.82 Å². The second kappa shape index (κ2) is 9.02. The molecule has 3 heterocycles. The third-order valence-corrected chi connectivity index (χ3v) is 5.33. The minimum absolute atomic E-state index is 0.0185. The third kappa shape index (κ3) is 4.44. The number of benzene rings is 1. The lowest BCUT2D eigenvalue weighted by molar-refractivity contribution is 0.491. The van der Waals surface area contributed by atoms with Crippen LogP contribution < -0.4 is 21.9 Å². The Balaban J connectivity index is 1.70. The molecule has 31 heavy (non-hydrogen) atoms. The molecule has 0 saturated carbocycles. The van der Waals surface area contributed by atoms with E-state index in [9.17, 15) is 9.59 Å². The van der Waals surface area contributed by atoms with Crippen LogP contribution >= 0.6 is 0 Å². The first-order chi connectivity index (χ1) is 15.1. The van der Waals surface area contributed by atoms with E-state index < -0.39 is 5.69 Å². The Kier molecular flexibility index (Phi) is 6.00. The highest BCUT2D eigenvalue weighted by Crippen LogP contribution is 2.17. The summed E-state index contributed by atoms with van der Waals surface area (Å²) in [7, 11) is 0. The van der Waals surface area contributed by atoms with Gasteiger partial charge in [0.25, 0.3) is 5.56 Å². The number of nitrogens with zero attached hydrogens (tertiary/aromatic N) is 6. The van der Waals surface area contributed by atoms with Crippen LogP contribution in [0.15, 0.2) is 52.2 Å². The zero-order valence-corrected chi connectivity index (χ0v) is 17.4. The van der Waals surface area contributed by atoms with Crippen molar-refractivity contribution in [3.05, 3.63) is 69.1 Å². The summed E-state index contributed by atoms with van der Waals surface area (Å²) in [6.45, 7) is 3.31. The van der Waals surface area contributed by atoms with Crippen molar-refractivity contribution in [2.45, 2.75) is 38.9 Å². The lowest BCUT2D eigenvalue weighted by atomic mass is 10.1. The summed E-state index contributed by atoms with van der Waals surface area (Å²) in [5.41, 5.74) is 6.68. The van der Waals surface area contributed by atoms with Crippen LogP contribution in [0.2, 0.25) is 0 Å². The van der Waals surface area contributed by atoms with Crippen molar-refractivity contribution in [3.63, 3.8) is 0 Å². The van der Waals surface area contributed by atoms with Gasteiger partial charge in [-0.2, -0.15) is 0 Å². The predicted octanol–water partition coefficient (Wildman–Crippen LogP) is 0.590. The molecule has 3 aromatic rings. The molecule has 0 unspecified atom stereocenters. The van der Waals surface area contributed by atoms with Crippen LogP contribution in [0.1, 0.15) is 25.5 Å². The fraction of sp³-hybridized carbons (Fsp3) is 0.364. The second-order valence-corrected chi connectivity index (χ2v) is 7.56. The lowest BCUT2D eigenvalue weighted by Crippen LogP contribution is -2.48. The van der Waals surface area contributed by atoms with Gasteiger partial charge in [-0.05, 0) is 31.9 Å². The van der Waals surface area contributed by atoms with Gasteiger partial charge in [-0.25, -0.2) is 9.48 Å². The predicted molar refractivity (Wildman–Crippen MR) is 118 cm³/mol. The number of para-hydroxylation sites is 1. The number of anilines is 1. The first-order valence-corrected chi connectivity index (χ1v) is 10.3. The van der Waals surface area contributed by atoms with E-state index >= 15 is 0 Å². The molecule has 0 bridgehead atoms. The van der Waals surface area contributed by atoms with Crippen LogP contribution in [0.5, 0.6) is 0 Å². The van der Waals surface area contributed by atoms with Gasteiger partial charge < -0.3 is 10.6 Å². The summed E-state index contributed by atoms with van der Waals surface area (Å²) < 4.78 is 4.33. The molecule has 160 valence electrons. The minimum Gasteiger partial charge on any atom is -0.356 e. The largest absolute Gasteiger partial charge is 0.356 e. The van der Waals surface area contributed by atoms with Crippen molar-refractivity contribution in [2.24, 2.45) is 5.73 Å². The van der Waals surface area contributed by atoms with Gasteiger partial charge in [0.15, 0.2) is 0 Å². The van der Waals surface area contributed by atoms with Crippen LogP contribution in [0.25, 0.3) is 5.69 Å². The van der Waals surface area contributed by atoms with Crippen molar-refractivity contribution < 1.29 is 0 Å². The van der Waals surface area contributed by atoms with Gasteiger partial charge in [0.05, 0.1) is 25.0 Å². The highest BCUT2D eigenvalue weighted by Gasteiger charge is 2.22. The van der Waals surface area contributed by atoms with Crippen molar-refractivity contribution in [2.75, 3.05) is 18.0 Å². The van der Waals surface area contributed by atoms with E-state index in [0.29, 0.717) is 18.1 Å². The van der Waals surface area contributed by atoms with E-state index in [1.54, 1.807) is 17.8 Å². The molecule has 1 fully saturated rings. The maximum absolute atomic E-state index is 13.3. The van der Waals surface area contributed by atoms with E-state index in [1.165, 1.54) is 15.2 Å². The number of nitrogens with two attached hydrogens (primary N) is 1. The molecular weight excluding hydrogens is 394 g/mol. The summed E-state index contributed by atoms with van der Waals surface area (Å²) in [5.74, 6) is 6.33. The topological polar surface area (TPSA) is 104 Å². The minimum atomic E-state index is -0.418. The molecule has 1 aromatic carbocycles. The van der Waals surface area contributed by atoms with Crippen LogP contribution in [-0.4, -0.2) is 43.3 Å². The van der Waals surface area contributed by atoms with Crippen molar-refractivity contribution in [1.29, 1.82) is 0 Å². The van der Waals surface area contributed by atoms with Crippen LogP contribution in [0, 0.1) is 11.8 Å². The number of hydrogen-bond donors (Lipinski definition) is 1. The van der Waals surface area contributed by atoms with E-state index in [-0.39, 0.29) is 24.7 Å². The van der Waals surface area contributed by atoms with Crippen LogP contribution in [0.3, 0.4) is 0 Å². The number of rotatable bonds is 5. The molecule has 0 aliphatic carbocycles. The van der Waals surface area contributed by atoms with E-state index in [0.717, 1.165) is 25.1 Å². The molecule has 2 aromatic heterocycles. The summed E-state index contributed by atoms with van der Waals surface area (Å²) in [6, 6.07) is 11.0. The highest BCUT2D eigenvalue weighted by atomic mass is 16.2. The van der Waals surface area contributed by atoms with Crippen molar-refractivity contribution in [1.82, 2.24) is 24.1 Å². The molecule has 9 heteroatoms. The quantitative estimate of drug-likeness (QED) is 0.607. The monoisotopic (exact) mass is 419 g/mol. The molecule has 4 rings (SSSR count). The average Bonchev–Trinajstić information content (AvgIpc) is 3.25. The smallest absolute Gasteiger partial charge is 0.333 e. The Morgan fingerprint density at radius 2 is 2.00 bits per heavy atom. The fourth-order valence-electron chi connectivity index (χ4n) is 3.78. The number of piperidine rings is 1. The van der Waals surface area contributed by atoms with Gasteiger partial charge in [0.2, 0.25) is 0 Å². The summed E-state index contributed by atoms with van der Waals surface area (Å²) in [5, 5.41) is 8.25. The van der Waals surface area contributed by atoms with Gasteiger partial charge in [-0.1, -0.05) is 29.3 Å². The van der Waals surface area contributed by atoms with Gasteiger partial charge >= 0.3 is 5.69 Å². The molecule has 9 nitrogen and oxygen atoms in total. The van der Waals surface area contributed by atoms with Gasteiger partial charge in [0, 0.05) is 25.2 Å².